The molecule has 1 heterocycles. The first-order chi connectivity index (χ1) is 8.49. The van der Waals surface area contributed by atoms with Gasteiger partial charge in [-0.05, 0) is 59.8 Å². The van der Waals surface area contributed by atoms with Gasteiger partial charge in [0.1, 0.15) is 0 Å². The summed E-state index contributed by atoms with van der Waals surface area (Å²) in [6, 6.07) is 6.01. The third kappa shape index (κ3) is 2.69. The standard InChI is InChI=1S/C14H18BrNO2/c1-9-3-4-10(2)16(8-9)11-5-6-12(14(17)18)13(15)7-11/h5-7,9-10H,3-4,8H2,1-2H3,(H,17,18). The van der Waals surface area contributed by atoms with E-state index >= 15 is 0 Å². The number of carboxylic acids is 1. The zero-order chi connectivity index (χ0) is 13.3. The molecule has 1 aliphatic rings. The van der Waals surface area contributed by atoms with Crippen molar-refractivity contribution in [1.82, 2.24) is 0 Å². The summed E-state index contributed by atoms with van der Waals surface area (Å²) in [4.78, 5) is 13.3. The molecule has 18 heavy (non-hydrogen) atoms. The lowest BCUT2D eigenvalue weighted by Gasteiger charge is -2.38. The predicted octanol–water partition coefficient (Wildman–Crippen LogP) is 3.77. The van der Waals surface area contributed by atoms with Crippen LogP contribution in [0.4, 0.5) is 5.69 Å². The Kier molecular flexibility index (Phi) is 3.95. The van der Waals surface area contributed by atoms with Crippen molar-refractivity contribution in [1.29, 1.82) is 0 Å². The molecule has 0 bridgehead atoms. The van der Waals surface area contributed by atoms with Crippen LogP contribution in [0.2, 0.25) is 0 Å². The van der Waals surface area contributed by atoms with Gasteiger partial charge in [0.25, 0.3) is 0 Å². The van der Waals surface area contributed by atoms with Gasteiger partial charge in [0.05, 0.1) is 5.56 Å². The molecule has 0 aromatic heterocycles. The highest BCUT2D eigenvalue weighted by atomic mass is 79.9. The van der Waals surface area contributed by atoms with Gasteiger partial charge in [-0.3, -0.25) is 0 Å². The molecule has 2 rings (SSSR count). The zero-order valence-corrected chi connectivity index (χ0v) is 12.3. The van der Waals surface area contributed by atoms with Crippen LogP contribution in [0.5, 0.6) is 0 Å². The van der Waals surface area contributed by atoms with E-state index in [4.69, 9.17) is 5.11 Å². The van der Waals surface area contributed by atoms with Crippen LogP contribution in [0.1, 0.15) is 37.0 Å². The van der Waals surface area contributed by atoms with Gasteiger partial charge < -0.3 is 10.0 Å². The Balaban J connectivity index is 2.28. The number of anilines is 1. The fourth-order valence-corrected chi connectivity index (χ4v) is 3.04. The Morgan fingerprint density at radius 1 is 1.39 bits per heavy atom. The van der Waals surface area contributed by atoms with Crippen molar-refractivity contribution in [2.45, 2.75) is 32.7 Å². The van der Waals surface area contributed by atoms with Crippen molar-refractivity contribution in [3.8, 4) is 0 Å². The van der Waals surface area contributed by atoms with Crippen molar-refractivity contribution in [2.24, 2.45) is 5.92 Å². The van der Waals surface area contributed by atoms with E-state index in [1.807, 2.05) is 12.1 Å². The number of benzene rings is 1. The summed E-state index contributed by atoms with van der Waals surface area (Å²) in [6.07, 6.45) is 2.46. The Bertz CT molecular complexity index is 461. The van der Waals surface area contributed by atoms with Gasteiger partial charge >= 0.3 is 5.97 Å². The van der Waals surface area contributed by atoms with Gasteiger partial charge in [-0.2, -0.15) is 0 Å². The summed E-state index contributed by atoms with van der Waals surface area (Å²) in [5.41, 5.74) is 1.42. The average Bonchev–Trinajstić information content (AvgIpc) is 2.31. The molecule has 0 amide bonds. The van der Waals surface area contributed by atoms with Crippen LogP contribution in [-0.4, -0.2) is 23.7 Å². The van der Waals surface area contributed by atoms with Gasteiger partial charge in [-0.1, -0.05) is 6.92 Å². The van der Waals surface area contributed by atoms with E-state index in [2.05, 4.69) is 34.7 Å². The van der Waals surface area contributed by atoms with E-state index in [0.29, 0.717) is 22.0 Å². The highest BCUT2D eigenvalue weighted by molar-refractivity contribution is 9.10. The Hall–Kier alpha value is -1.03. The molecule has 1 aliphatic heterocycles. The molecule has 1 fully saturated rings. The SMILES string of the molecule is CC1CCC(C)N(c2ccc(C(=O)O)c(Br)c2)C1. The van der Waals surface area contributed by atoms with Crippen molar-refractivity contribution in [2.75, 3.05) is 11.4 Å². The number of carboxylic acid groups (broad SMARTS) is 1. The van der Waals surface area contributed by atoms with Crippen LogP contribution in [0, 0.1) is 5.92 Å². The summed E-state index contributed by atoms with van der Waals surface area (Å²) >= 11 is 3.34. The third-order valence-electron chi connectivity index (χ3n) is 3.63. The first kappa shape index (κ1) is 13.4. The van der Waals surface area contributed by atoms with Gasteiger partial charge in [0.15, 0.2) is 0 Å². The Morgan fingerprint density at radius 3 is 2.72 bits per heavy atom. The van der Waals surface area contributed by atoms with Crippen LogP contribution in [0.3, 0.4) is 0 Å². The maximum absolute atomic E-state index is 11.0. The first-order valence-corrected chi connectivity index (χ1v) is 7.08. The smallest absolute Gasteiger partial charge is 0.336 e. The second-order valence-corrected chi connectivity index (χ2v) is 6.01. The molecule has 4 heteroatoms. The Morgan fingerprint density at radius 2 is 2.11 bits per heavy atom. The van der Waals surface area contributed by atoms with Crippen LogP contribution in [0.15, 0.2) is 22.7 Å². The van der Waals surface area contributed by atoms with Crippen LogP contribution in [-0.2, 0) is 0 Å². The molecule has 1 saturated heterocycles. The molecular weight excluding hydrogens is 294 g/mol. The lowest BCUT2D eigenvalue weighted by atomic mass is 9.94. The van der Waals surface area contributed by atoms with Crippen LogP contribution < -0.4 is 4.90 Å². The van der Waals surface area contributed by atoms with E-state index in [9.17, 15) is 4.79 Å². The quantitative estimate of drug-likeness (QED) is 0.903. The van der Waals surface area contributed by atoms with Crippen LogP contribution in [0.25, 0.3) is 0 Å². The number of rotatable bonds is 2. The molecule has 0 radical (unpaired) electrons. The number of aromatic carboxylic acids is 1. The molecule has 1 aromatic rings. The van der Waals surface area contributed by atoms with E-state index < -0.39 is 5.97 Å². The highest BCUT2D eigenvalue weighted by Gasteiger charge is 2.23. The van der Waals surface area contributed by atoms with Crippen molar-refractivity contribution >= 4 is 27.6 Å². The number of piperidine rings is 1. The molecule has 1 aromatic carbocycles. The lowest BCUT2D eigenvalue weighted by molar-refractivity contribution is 0.0696. The number of halogens is 1. The fraction of sp³-hybridized carbons (Fsp3) is 0.500. The van der Waals surface area contributed by atoms with E-state index in [1.165, 1.54) is 12.8 Å². The minimum atomic E-state index is -0.895. The monoisotopic (exact) mass is 311 g/mol. The van der Waals surface area contributed by atoms with Crippen molar-refractivity contribution in [3.05, 3.63) is 28.2 Å². The summed E-state index contributed by atoms with van der Waals surface area (Å²) in [6.45, 7) is 5.53. The molecule has 1 N–H and O–H groups in total. The molecule has 2 unspecified atom stereocenters. The highest BCUT2D eigenvalue weighted by Crippen LogP contribution is 2.30. The average molecular weight is 312 g/mol. The minimum absolute atomic E-state index is 0.316. The Labute approximate surface area is 116 Å². The summed E-state index contributed by atoms with van der Waals surface area (Å²) < 4.78 is 0.651. The maximum Gasteiger partial charge on any atom is 0.336 e. The lowest BCUT2D eigenvalue weighted by Crippen LogP contribution is -2.41. The van der Waals surface area contributed by atoms with E-state index in [0.717, 1.165) is 12.2 Å². The molecule has 0 spiro atoms. The predicted molar refractivity (Wildman–Crippen MR) is 76.3 cm³/mol. The molecule has 3 nitrogen and oxygen atoms in total. The number of hydrogen-bond acceptors (Lipinski definition) is 2. The summed E-state index contributed by atoms with van der Waals surface area (Å²) in [5.74, 6) is -0.201. The third-order valence-corrected chi connectivity index (χ3v) is 4.29. The van der Waals surface area contributed by atoms with Gasteiger partial charge in [-0.25, -0.2) is 4.79 Å². The van der Waals surface area contributed by atoms with E-state index in [1.54, 1.807) is 6.07 Å². The summed E-state index contributed by atoms with van der Waals surface area (Å²) in [5, 5.41) is 9.02. The summed E-state index contributed by atoms with van der Waals surface area (Å²) in [7, 11) is 0. The number of carbonyl (C=O) groups is 1. The number of hydrogen-bond donors (Lipinski definition) is 1. The van der Waals surface area contributed by atoms with Crippen LogP contribution >= 0.6 is 15.9 Å². The first-order valence-electron chi connectivity index (χ1n) is 6.28. The largest absolute Gasteiger partial charge is 0.478 e. The van der Waals surface area contributed by atoms with Crippen molar-refractivity contribution in [3.63, 3.8) is 0 Å². The molecule has 2 atom stereocenters. The topological polar surface area (TPSA) is 40.5 Å². The van der Waals surface area contributed by atoms with Crippen molar-refractivity contribution < 1.29 is 9.90 Å². The second-order valence-electron chi connectivity index (χ2n) is 5.15. The zero-order valence-electron chi connectivity index (χ0n) is 10.7. The fourth-order valence-electron chi connectivity index (χ4n) is 2.50. The molecular formula is C14H18BrNO2. The van der Waals surface area contributed by atoms with Gasteiger partial charge in [-0.15, -0.1) is 0 Å². The molecule has 0 aliphatic carbocycles. The molecule has 98 valence electrons. The molecule has 0 saturated carbocycles. The number of nitrogens with zero attached hydrogens (tertiary/aromatic N) is 1. The minimum Gasteiger partial charge on any atom is -0.478 e. The van der Waals surface area contributed by atoms with Gasteiger partial charge in [0, 0.05) is 22.7 Å². The normalized spacial score (nSPS) is 24.1. The van der Waals surface area contributed by atoms with E-state index in [-0.39, 0.29) is 0 Å². The maximum atomic E-state index is 11.0. The van der Waals surface area contributed by atoms with Gasteiger partial charge in [0.2, 0.25) is 0 Å². The second kappa shape index (κ2) is 5.31.